The van der Waals surface area contributed by atoms with E-state index in [0.29, 0.717) is 11.4 Å². The first kappa shape index (κ1) is 17.0. The molecule has 0 bridgehead atoms. The van der Waals surface area contributed by atoms with Crippen molar-refractivity contribution < 1.29 is 9.66 Å². The third-order valence-electron chi connectivity index (χ3n) is 4.48. The molecule has 1 atom stereocenters. The zero-order valence-corrected chi connectivity index (χ0v) is 14.4. The summed E-state index contributed by atoms with van der Waals surface area (Å²) in [6, 6.07) is 9.97. The van der Waals surface area contributed by atoms with Crippen molar-refractivity contribution in [1.82, 2.24) is 4.98 Å². The molecule has 1 aliphatic rings. The van der Waals surface area contributed by atoms with E-state index in [1.54, 1.807) is 20.1 Å². The lowest BCUT2D eigenvalue weighted by atomic mass is 10.0. The van der Waals surface area contributed by atoms with Crippen molar-refractivity contribution in [3.05, 3.63) is 52.2 Å². The van der Waals surface area contributed by atoms with E-state index >= 15 is 0 Å². The van der Waals surface area contributed by atoms with Gasteiger partial charge in [0.15, 0.2) is 0 Å². The van der Waals surface area contributed by atoms with Gasteiger partial charge in [0, 0.05) is 24.7 Å². The number of hydrogen-bond acceptors (Lipinski definition) is 6. The normalized spacial score (nSPS) is 17.2. The van der Waals surface area contributed by atoms with Gasteiger partial charge >= 0.3 is 0 Å². The Morgan fingerprint density at radius 2 is 2.20 bits per heavy atom. The van der Waals surface area contributed by atoms with Gasteiger partial charge in [-0.05, 0) is 38.0 Å². The number of aryl methyl sites for hydroxylation is 1. The van der Waals surface area contributed by atoms with E-state index in [1.807, 2.05) is 18.2 Å². The van der Waals surface area contributed by atoms with Gasteiger partial charge in [-0.25, -0.2) is 4.98 Å². The zero-order valence-electron chi connectivity index (χ0n) is 14.4. The molecular formula is C18H22N4O3. The number of nitrogens with one attached hydrogen (secondary N) is 1. The van der Waals surface area contributed by atoms with Crippen LogP contribution in [0, 0.1) is 17.0 Å². The number of benzene rings is 1. The van der Waals surface area contributed by atoms with E-state index in [2.05, 4.69) is 21.3 Å². The lowest BCUT2D eigenvalue weighted by Gasteiger charge is -2.35. The van der Waals surface area contributed by atoms with Crippen LogP contribution in [0.1, 0.15) is 18.4 Å². The topological polar surface area (TPSA) is 80.5 Å². The molecule has 132 valence electrons. The highest BCUT2D eigenvalue weighted by molar-refractivity contribution is 5.59. The van der Waals surface area contributed by atoms with Gasteiger partial charge in [-0.1, -0.05) is 12.1 Å². The molecule has 2 aromatic rings. The van der Waals surface area contributed by atoms with Gasteiger partial charge in [0.2, 0.25) is 0 Å². The van der Waals surface area contributed by atoms with Crippen molar-refractivity contribution >= 4 is 17.2 Å². The van der Waals surface area contributed by atoms with Crippen molar-refractivity contribution in [2.45, 2.75) is 25.8 Å². The van der Waals surface area contributed by atoms with Gasteiger partial charge in [0.1, 0.15) is 17.8 Å². The summed E-state index contributed by atoms with van der Waals surface area (Å²) in [6.07, 6.45) is 3.41. The van der Waals surface area contributed by atoms with Gasteiger partial charge in [0.25, 0.3) is 5.69 Å². The molecule has 1 N–H and O–H groups in total. The van der Waals surface area contributed by atoms with E-state index in [4.69, 9.17) is 4.74 Å². The van der Waals surface area contributed by atoms with E-state index in [9.17, 15) is 10.1 Å². The number of piperidine rings is 1. The molecule has 7 heteroatoms. The summed E-state index contributed by atoms with van der Waals surface area (Å²) in [7, 11) is 1.68. The number of pyridine rings is 1. The van der Waals surface area contributed by atoms with E-state index in [0.717, 1.165) is 37.4 Å². The van der Waals surface area contributed by atoms with E-state index in [1.165, 1.54) is 6.20 Å². The molecule has 2 heterocycles. The number of para-hydroxylation sites is 2. The molecule has 0 spiro atoms. The predicted octanol–water partition coefficient (Wildman–Crippen LogP) is 3.39. The molecule has 1 aliphatic heterocycles. The minimum Gasteiger partial charge on any atom is -0.495 e. The van der Waals surface area contributed by atoms with Gasteiger partial charge in [-0.2, -0.15) is 0 Å². The third-order valence-corrected chi connectivity index (χ3v) is 4.48. The van der Waals surface area contributed by atoms with Crippen molar-refractivity contribution in [3.63, 3.8) is 0 Å². The number of nitrogens with zero attached hydrogens (tertiary/aromatic N) is 3. The fourth-order valence-electron chi connectivity index (χ4n) is 3.23. The first-order valence-electron chi connectivity index (χ1n) is 8.34. The third kappa shape index (κ3) is 3.81. The first-order valence-corrected chi connectivity index (χ1v) is 8.34. The average Bonchev–Trinajstić information content (AvgIpc) is 2.61. The molecule has 25 heavy (non-hydrogen) atoms. The summed E-state index contributed by atoms with van der Waals surface area (Å²) in [6.45, 7) is 3.54. The molecule has 7 nitrogen and oxygen atoms in total. The van der Waals surface area contributed by atoms with Gasteiger partial charge < -0.3 is 15.0 Å². The second-order valence-corrected chi connectivity index (χ2v) is 6.21. The van der Waals surface area contributed by atoms with Crippen LogP contribution in [0.5, 0.6) is 5.75 Å². The fourth-order valence-corrected chi connectivity index (χ4v) is 3.23. The van der Waals surface area contributed by atoms with Gasteiger partial charge in [-0.15, -0.1) is 0 Å². The Bertz CT molecular complexity index is 766. The molecule has 0 radical (unpaired) electrons. The van der Waals surface area contributed by atoms with Crippen LogP contribution in [-0.4, -0.2) is 36.1 Å². The number of nitro groups is 1. The highest BCUT2D eigenvalue weighted by atomic mass is 16.6. The summed E-state index contributed by atoms with van der Waals surface area (Å²) in [5, 5.41) is 14.3. The standard InChI is InChI=1S/C18H22N4O3/c1-13-10-18(19-11-16(13)22(23)24)20-14-6-5-9-21(12-14)15-7-3-4-8-17(15)25-2/h3-4,7-8,10-11,14H,5-6,9,12H2,1-2H3,(H,19,20). The SMILES string of the molecule is COc1ccccc1N1CCCC(Nc2cc(C)c([N+](=O)[O-])cn2)C1. The molecule has 1 aromatic carbocycles. The average molecular weight is 342 g/mol. The molecule has 0 amide bonds. The Morgan fingerprint density at radius 3 is 2.92 bits per heavy atom. The zero-order chi connectivity index (χ0) is 17.8. The summed E-state index contributed by atoms with van der Waals surface area (Å²) in [5.74, 6) is 1.54. The van der Waals surface area contributed by atoms with E-state index in [-0.39, 0.29) is 11.7 Å². The highest BCUT2D eigenvalue weighted by Crippen LogP contribution is 2.30. The molecule has 1 fully saturated rings. The maximum absolute atomic E-state index is 10.9. The van der Waals surface area contributed by atoms with Gasteiger partial charge in [0.05, 0.1) is 17.7 Å². The van der Waals surface area contributed by atoms with Crippen LogP contribution in [0.3, 0.4) is 0 Å². The largest absolute Gasteiger partial charge is 0.495 e. The quantitative estimate of drug-likeness (QED) is 0.663. The van der Waals surface area contributed by atoms with Crippen LogP contribution >= 0.6 is 0 Å². The minimum atomic E-state index is -0.407. The Kier molecular flexibility index (Phi) is 5.02. The Hall–Kier alpha value is -2.83. The van der Waals surface area contributed by atoms with Crippen molar-refractivity contribution in [2.75, 3.05) is 30.4 Å². The van der Waals surface area contributed by atoms with Crippen LogP contribution in [-0.2, 0) is 0 Å². The van der Waals surface area contributed by atoms with Crippen molar-refractivity contribution in [3.8, 4) is 5.75 Å². The van der Waals surface area contributed by atoms with Crippen molar-refractivity contribution in [2.24, 2.45) is 0 Å². The second-order valence-electron chi connectivity index (χ2n) is 6.21. The number of hydrogen-bond donors (Lipinski definition) is 1. The molecule has 1 unspecified atom stereocenters. The number of anilines is 2. The summed E-state index contributed by atoms with van der Waals surface area (Å²) in [5.41, 5.74) is 1.74. The number of rotatable bonds is 5. The number of ether oxygens (including phenoxy) is 1. The maximum atomic E-state index is 10.9. The molecule has 0 saturated carbocycles. The summed E-state index contributed by atoms with van der Waals surface area (Å²) in [4.78, 5) is 17.0. The molecule has 0 aliphatic carbocycles. The summed E-state index contributed by atoms with van der Waals surface area (Å²) >= 11 is 0. The van der Waals surface area contributed by atoms with Crippen LogP contribution in [0.4, 0.5) is 17.2 Å². The monoisotopic (exact) mass is 342 g/mol. The minimum absolute atomic E-state index is 0.0462. The second kappa shape index (κ2) is 7.38. The van der Waals surface area contributed by atoms with Crippen LogP contribution in [0.2, 0.25) is 0 Å². The highest BCUT2D eigenvalue weighted by Gasteiger charge is 2.23. The Morgan fingerprint density at radius 1 is 1.40 bits per heavy atom. The predicted molar refractivity (Wildman–Crippen MR) is 97.5 cm³/mol. The fraction of sp³-hybridized carbons (Fsp3) is 0.389. The molecule has 1 aromatic heterocycles. The maximum Gasteiger partial charge on any atom is 0.290 e. The van der Waals surface area contributed by atoms with Crippen LogP contribution in [0.15, 0.2) is 36.5 Å². The van der Waals surface area contributed by atoms with E-state index < -0.39 is 4.92 Å². The lowest BCUT2D eigenvalue weighted by Crippen LogP contribution is -2.42. The molecular weight excluding hydrogens is 320 g/mol. The number of aromatic nitrogens is 1. The molecule has 1 saturated heterocycles. The first-order chi connectivity index (χ1) is 12.1. The Balaban J connectivity index is 1.72. The van der Waals surface area contributed by atoms with Crippen LogP contribution in [0.25, 0.3) is 0 Å². The van der Waals surface area contributed by atoms with Crippen molar-refractivity contribution in [1.29, 1.82) is 0 Å². The lowest BCUT2D eigenvalue weighted by molar-refractivity contribution is -0.385. The smallest absolute Gasteiger partial charge is 0.290 e. The Labute approximate surface area is 146 Å². The van der Waals surface area contributed by atoms with Gasteiger partial charge in [-0.3, -0.25) is 10.1 Å². The molecule has 3 rings (SSSR count). The summed E-state index contributed by atoms with van der Waals surface area (Å²) < 4.78 is 5.47. The van der Waals surface area contributed by atoms with Crippen LogP contribution < -0.4 is 15.0 Å². The number of methoxy groups -OCH3 is 1.